The molecular weight excluding hydrogens is 376 g/mol. The number of furan rings is 1. The standard InChI is InChI=1S/C18H18N8O3/c1-25-10-11(8-20-25)7-19-18(28)16-14(9-21-26(16)2)22-17(27)13-6-12(23-24-13)15-4-3-5-29-15/h3-6,8-10H,7H2,1-2H3,(H,19,28)(H,22,27)(H,23,24). The Morgan fingerprint density at radius 3 is 2.79 bits per heavy atom. The first-order valence-corrected chi connectivity index (χ1v) is 8.69. The monoisotopic (exact) mass is 394 g/mol. The number of nitrogens with one attached hydrogen (secondary N) is 3. The van der Waals surface area contributed by atoms with Gasteiger partial charge in [0.05, 0.1) is 24.3 Å². The Hall–Kier alpha value is -4.15. The normalized spacial score (nSPS) is 10.8. The smallest absolute Gasteiger partial charge is 0.276 e. The minimum Gasteiger partial charge on any atom is -0.463 e. The van der Waals surface area contributed by atoms with Crippen LogP contribution in [0.25, 0.3) is 11.5 Å². The van der Waals surface area contributed by atoms with Gasteiger partial charge in [0.2, 0.25) is 0 Å². The number of carbonyl (C=O) groups is 2. The number of hydrogen-bond donors (Lipinski definition) is 3. The van der Waals surface area contributed by atoms with E-state index >= 15 is 0 Å². The van der Waals surface area contributed by atoms with Crippen LogP contribution in [-0.2, 0) is 20.6 Å². The molecule has 0 spiro atoms. The van der Waals surface area contributed by atoms with Gasteiger partial charge in [-0.25, -0.2) is 0 Å². The summed E-state index contributed by atoms with van der Waals surface area (Å²) in [5.74, 6) is -0.288. The van der Waals surface area contributed by atoms with Crippen LogP contribution in [0.1, 0.15) is 26.5 Å². The fourth-order valence-corrected chi connectivity index (χ4v) is 2.81. The molecule has 2 amide bonds. The van der Waals surface area contributed by atoms with E-state index in [2.05, 4.69) is 31.0 Å². The van der Waals surface area contributed by atoms with Crippen LogP contribution >= 0.6 is 0 Å². The van der Waals surface area contributed by atoms with Crippen LogP contribution in [0.2, 0.25) is 0 Å². The molecule has 0 radical (unpaired) electrons. The van der Waals surface area contributed by atoms with Gasteiger partial charge in [0.25, 0.3) is 11.8 Å². The number of amides is 2. The van der Waals surface area contributed by atoms with E-state index in [1.807, 2.05) is 0 Å². The molecule has 0 bridgehead atoms. The molecule has 29 heavy (non-hydrogen) atoms. The molecule has 11 nitrogen and oxygen atoms in total. The zero-order chi connectivity index (χ0) is 20.4. The van der Waals surface area contributed by atoms with Crippen molar-refractivity contribution in [3.8, 4) is 11.5 Å². The average Bonchev–Trinajstić information content (AvgIpc) is 3.47. The van der Waals surface area contributed by atoms with Crippen molar-refractivity contribution in [1.29, 1.82) is 0 Å². The maximum Gasteiger partial charge on any atom is 0.276 e. The van der Waals surface area contributed by atoms with E-state index in [9.17, 15) is 9.59 Å². The van der Waals surface area contributed by atoms with Gasteiger partial charge in [0.1, 0.15) is 11.4 Å². The summed E-state index contributed by atoms with van der Waals surface area (Å²) >= 11 is 0. The number of hydrogen-bond acceptors (Lipinski definition) is 6. The zero-order valence-electron chi connectivity index (χ0n) is 15.7. The zero-order valence-corrected chi connectivity index (χ0v) is 15.7. The van der Waals surface area contributed by atoms with Gasteiger partial charge in [0.15, 0.2) is 11.5 Å². The Morgan fingerprint density at radius 1 is 1.21 bits per heavy atom. The topological polar surface area (TPSA) is 136 Å². The Bertz CT molecular complexity index is 1150. The van der Waals surface area contributed by atoms with Crippen LogP contribution in [0.15, 0.2) is 47.5 Å². The highest BCUT2D eigenvalue weighted by molar-refractivity contribution is 6.07. The van der Waals surface area contributed by atoms with Crippen LogP contribution in [0.5, 0.6) is 0 Å². The maximum atomic E-state index is 12.6. The second-order valence-corrected chi connectivity index (χ2v) is 6.33. The van der Waals surface area contributed by atoms with E-state index in [0.29, 0.717) is 18.0 Å². The number of aryl methyl sites for hydroxylation is 2. The van der Waals surface area contributed by atoms with Gasteiger partial charge in [-0.15, -0.1) is 0 Å². The van der Waals surface area contributed by atoms with E-state index < -0.39 is 5.91 Å². The van der Waals surface area contributed by atoms with E-state index in [-0.39, 0.29) is 23.0 Å². The third-order valence-electron chi connectivity index (χ3n) is 4.21. The summed E-state index contributed by atoms with van der Waals surface area (Å²) in [6.45, 7) is 0.303. The minimum atomic E-state index is -0.478. The highest BCUT2D eigenvalue weighted by Gasteiger charge is 2.20. The largest absolute Gasteiger partial charge is 0.463 e. The van der Waals surface area contributed by atoms with Crippen LogP contribution in [-0.4, -0.2) is 41.6 Å². The molecule has 0 aliphatic heterocycles. The molecule has 0 fully saturated rings. The van der Waals surface area contributed by atoms with Crippen molar-refractivity contribution in [2.75, 3.05) is 5.32 Å². The molecule has 148 valence electrons. The summed E-state index contributed by atoms with van der Waals surface area (Å²) in [7, 11) is 3.42. The quantitative estimate of drug-likeness (QED) is 0.451. The molecule has 0 aromatic carbocycles. The first-order chi connectivity index (χ1) is 14.0. The Kier molecular flexibility index (Phi) is 4.69. The molecule has 0 aliphatic carbocycles. The second kappa shape index (κ2) is 7.46. The number of anilines is 1. The number of H-pyrrole nitrogens is 1. The molecule has 4 aromatic rings. The average molecular weight is 394 g/mol. The number of nitrogens with zero attached hydrogens (tertiary/aromatic N) is 5. The Balaban J connectivity index is 1.46. The first-order valence-electron chi connectivity index (χ1n) is 8.69. The predicted molar refractivity (Wildman–Crippen MR) is 102 cm³/mol. The van der Waals surface area contributed by atoms with Gasteiger partial charge >= 0.3 is 0 Å². The highest BCUT2D eigenvalue weighted by atomic mass is 16.3. The van der Waals surface area contributed by atoms with E-state index in [4.69, 9.17) is 4.42 Å². The van der Waals surface area contributed by atoms with Crippen LogP contribution in [0.4, 0.5) is 5.69 Å². The van der Waals surface area contributed by atoms with Crippen molar-refractivity contribution in [2.45, 2.75) is 6.54 Å². The third kappa shape index (κ3) is 3.78. The highest BCUT2D eigenvalue weighted by Crippen LogP contribution is 2.19. The predicted octanol–water partition coefficient (Wildman–Crippen LogP) is 1.32. The maximum absolute atomic E-state index is 12.6. The lowest BCUT2D eigenvalue weighted by Gasteiger charge is -2.07. The molecule has 0 saturated carbocycles. The lowest BCUT2D eigenvalue weighted by molar-refractivity contribution is 0.0942. The fraction of sp³-hybridized carbons (Fsp3) is 0.167. The van der Waals surface area contributed by atoms with Crippen LogP contribution in [0, 0.1) is 0 Å². The van der Waals surface area contributed by atoms with Gasteiger partial charge < -0.3 is 15.1 Å². The number of rotatable bonds is 6. The van der Waals surface area contributed by atoms with Gasteiger partial charge in [0, 0.05) is 38.5 Å². The second-order valence-electron chi connectivity index (χ2n) is 6.33. The van der Waals surface area contributed by atoms with Crippen LogP contribution < -0.4 is 10.6 Å². The van der Waals surface area contributed by atoms with Gasteiger partial charge in [-0.2, -0.15) is 15.3 Å². The molecular formula is C18H18N8O3. The molecule has 0 unspecified atom stereocenters. The molecule has 4 rings (SSSR count). The van der Waals surface area contributed by atoms with Gasteiger partial charge in [-0.1, -0.05) is 0 Å². The minimum absolute atomic E-state index is 0.155. The summed E-state index contributed by atoms with van der Waals surface area (Å²) in [6, 6.07) is 5.05. The molecule has 4 aromatic heterocycles. The van der Waals surface area contributed by atoms with Crippen molar-refractivity contribution in [1.82, 2.24) is 35.1 Å². The van der Waals surface area contributed by atoms with E-state index in [1.165, 1.54) is 17.1 Å². The summed E-state index contributed by atoms with van der Waals surface area (Å²) in [5.41, 5.74) is 2.09. The van der Waals surface area contributed by atoms with Gasteiger partial charge in [-0.05, 0) is 12.1 Å². The Labute approximate surface area is 164 Å². The summed E-state index contributed by atoms with van der Waals surface area (Å²) in [5, 5.41) is 20.3. The number of aromatic nitrogens is 6. The SMILES string of the molecule is Cn1cc(CNC(=O)c2c(NC(=O)c3cc(-c4ccco4)[nH]n3)cnn2C)cn1. The third-order valence-corrected chi connectivity index (χ3v) is 4.21. The van der Waals surface area contributed by atoms with E-state index in [0.717, 1.165) is 5.56 Å². The molecule has 3 N–H and O–H groups in total. The lowest BCUT2D eigenvalue weighted by atomic mass is 10.2. The summed E-state index contributed by atoms with van der Waals surface area (Å²) in [4.78, 5) is 25.2. The molecule has 0 atom stereocenters. The van der Waals surface area contributed by atoms with Gasteiger partial charge in [-0.3, -0.25) is 24.1 Å². The number of aromatic amines is 1. The Morgan fingerprint density at radius 2 is 2.07 bits per heavy atom. The molecule has 4 heterocycles. The van der Waals surface area contributed by atoms with Crippen molar-refractivity contribution < 1.29 is 14.0 Å². The van der Waals surface area contributed by atoms with Crippen molar-refractivity contribution >= 4 is 17.5 Å². The van der Waals surface area contributed by atoms with E-state index in [1.54, 1.807) is 49.4 Å². The summed E-state index contributed by atoms with van der Waals surface area (Å²) < 4.78 is 8.32. The molecule has 11 heteroatoms. The first kappa shape index (κ1) is 18.2. The number of carbonyl (C=O) groups excluding carboxylic acids is 2. The lowest BCUT2D eigenvalue weighted by Crippen LogP contribution is -2.26. The molecule has 0 aliphatic rings. The van der Waals surface area contributed by atoms with Crippen molar-refractivity contribution in [3.63, 3.8) is 0 Å². The molecule has 0 saturated heterocycles. The summed E-state index contributed by atoms with van der Waals surface area (Å²) in [6.07, 6.45) is 6.42. The van der Waals surface area contributed by atoms with Crippen molar-refractivity contribution in [3.05, 3.63) is 60.0 Å². The fourth-order valence-electron chi connectivity index (χ4n) is 2.81. The van der Waals surface area contributed by atoms with Crippen molar-refractivity contribution in [2.24, 2.45) is 14.1 Å². The van der Waals surface area contributed by atoms with Crippen LogP contribution in [0.3, 0.4) is 0 Å².